The van der Waals surface area contributed by atoms with Crippen LogP contribution in [0.3, 0.4) is 0 Å². The lowest BCUT2D eigenvalue weighted by Crippen LogP contribution is -2.25. The summed E-state index contributed by atoms with van der Waals surface area (Å²) in [6.45, 7) is 1.79. The maximum Gasteiger partial charge on any atom is 0.0834 e. The summed E-state index contributed by atoms with van der Waals surface area (Å²) >= 11 is 6.22. The van der Waals surface area contributed by atoms with Crippen molar-refractivity contribution in [2.24, 2.45) is 11.7 Å². The van der Waals surface area contributed by atoms with Crippen LogP contribution >= 0.6 is 11.6 Å². The van der Waals surface area contributed by atoms with Crippen molar-refractivity contribution in [1.29, 1.82) is 0 Å². The van der Waals surface area contributed by atoms with Gasteiger partial charge in [0.05, 0.1) is 23.5 Å². The fourth-order valence-corrected chi connectivity index (χ4v) is 2.69. The van der Waals surface area contributed by atoms with E-state index in [-0.39, 0.29) is 6.04 Å². The van der Waals surface area contributed by atoms with E-state index in [1.54, 1.807) is 6.20 Å². The van der Waals surface area contributed by atoms with Crippen LogP contribution < -0.4 is 5.73 Å². The van der Waals surface area contributed by atoms with Crippen molar-refractivity contribution in [3.63, 3.8) is 0 Å². The van der Waals surface area contributed by atoms with E-state index in [1.807, 2.05) is 4.68 Å². The largest absolute Gasteiger partial charge is 0.323 e. The molecule has 0 spiro atoms. The summed E-state index contributed by atoms with van der Waals surface area (Å²) in [4.78, 5) is 2.14. The summed E-state index contributed by atoms with van der Waals surface area (Å²) in [5.74, 6) is 0.785. The fourth-order valence-electron chi connectivity index (χ4n) is 2.41. The van der Waals surface area contributed by atoms with Gasteiger partial charge in [0.25, 0.3) is 0 Å². The molecular weight excluding hydrogens is 248 g/mol. The van der Waals surface area contributed by atoms with Gasteiger partial charge in [-0.2, -0.15) is 5.10 Å². The smallest absolute Gasteiger partial charge is 0.0834 e. The lowest BCUT2D eigenvalue weighted by atomic mass is 9.80. The van der Waals surface area contributed by atoms with E-state index in [9.17, 15) is 0 Å². The summed E-state index contributed by atoms with van der Waals surface area (Å²) in [6.07, 6.45) is 6.74. The first kappa shape index (κ1) is 13.8. The molecule has 0 bridgehead atoms. The Kier molecular flexibility index (Phi) is 4.65. The number of halogens is 1. The molecule has 5 heteroatoms. The highest BCUT2D eigenvalue weighted by Crippen LogP contribution is 2.35. The minimum atomic E-state index is 0.0208. The van der Waals surface area contributed by atoms with Gasteiger partial charge in [0.15, 0.2) is 0 Å². The molecule has 1 aromatic heterocycles. The van der Waals surface area contributed by atoms with Crippen LogP contribution in [-0.4, -0.2) is 35.3 Å². The van der Waals surface area contributed by atoms with Crippen molar-refractivity contribution in [1.82, 2.24) is 14.7 Å². The van der Waals surface area contributed by atoms with Crippen LogP contribution in [0.4, 0.5) is 0 Å². The van der Waals surface area contributed by atoms with Crippen LogP contribution in [0.25, 0.3) is 0 Å². The van der Waals surface area contributed by atoms with Crippen molar-refractivity contribution in [3.8, 4) is 0 Å². The molecule has 2 rings (SSSR count). The van der Waals surface area contributed by atoms with Gasteiger partial charge in [-0.05, 0) is 26.4 Å². The Morgan fingerprint density at radius 3 is 2.83 bits per heavy atom. The maximum atomic E-state index is 6.30. The van der Waals surface area contributed by atoms with E-state index in [4.69, 9.17) is 17.3 Å². The average molecular weight is 271 g/mol. The monoisotopic (exact) mass is 270 g/mol. The van der Waals surface area contributed by atoms with Gasteiger partial charge in [-0.1, -0.05) is 30.9 Å². The standard InChI is InChI=1S/C13H23ClN4/c1-17(2)6-7-18-13(11(14)9-16-18)12(15)8-10-4-3-5-10/h9-10,12H,3-8,15H2,1-2H3. The van der Waals surface area contributed by atoms with Crippen molar-refractivity contribution in [3.05, 3.63) is 16.9 Å². The van der Waals surface area contributed by atoms with Gasteiger partial charge < -0.3 is 10.6 Å². The quantitative estimate of drug-likeness (QED) is 0.863. The predicted molar refractivity (Wildman–Crippen MR) is 74.7 cm³/mol. The van der Waals surface area contributed by atoms with E-state index >= 15 is 0 Å². The average Bonchev–Trinajstić information content (AvgIpc) is 2.62. The second-order valence-corrected chi connectivity index (χ2v) is 5.95. The second-order valence-electron chi connectivity index (χ2n) is 5.54. The predicted octanol–water partition coefficient (Wildman–Crippen LogP) is 2.29. The van der Waals surface area contributed by atoms with Crippen molar-refractivity contribution in [2.45, 2.75) is 38.3 Å². The van der Waals surface area contributed by atoms with Gasteiger partial charge in [0.1, 0.15) is 0 Å². The lowest BCUT2D eigenvalue weighted by molar-refractivity contribution is 0.271. The summed E-state index contributed by atoms with van der Waals surface area (Å²) in [5, 5.41) is 5.05. The molecule has 1 unspecified atom stereocenters. The van der Waals surface area contributed by atoms with Crippen molar-refractivity contribution < 1.29 is 0 Å². The highest BCUT2D eigenvalue weighted by atomic mass is 35.5. The number of likely N-dealkylation sites (N-methyl/N-ethyl adjacent to an activating group) is 1. The molecule has 1 heterocycles. The third-order valence-corrected chi connectivity index (χ3v) is 4.05. The first-order valence-corrected chi connectivity index (χ1v) is 7.07. The van der Waals surface area contributed by atoms with Gasteiger partial charge in [0.2, 0.25) is 0 Å². The van der Waals surface area contributed by atoms with Crippen LogP contribution in [0, 0.1) is 5.92 Å². The third-order valence-electron chi connectivity index (χ3n) is 3.76. The molecule has 0 aromatic carbocycles. The van der Waals surface area contributed by atoms with E-state index < -0.39 is 0 Å². The van der Waals surface area contributed by atoms with Gasteiger partial charge in [-0.15, -0.1) is 0 Å². The topological polar surface area (TPSA) is 47.1 Å². The SMILES string of the molecule is CN(C)CCn1ncc(Cl)c1C(N)CC1CCC1. The highest BCUT2D eigenvalue weighted by Gasteiger charge is 2.24. The molecule has 1 aromatic rings. The maximum absolute atomic E-state index is 6.30. The molecule has 0 aliphatic heterocycles. The summed E-state index contributed by atoms with van der Waals surface area (Å²) in [7, 11) is 4.11. The molecule has 1 fully saturated rings. The van der Waals surface area contributed by atoms with E-state index in [1.165, 1.54) is 19.3 Å². The zero-order valence-electron chi connectivity index (χ0n) is 11.3. The minimum Gasteiger partial charge on any atom is -0.323 e. The first-order chi connectivity index (χ1) is 8.58. The molecule has 1 atom stereocenters. The molecular formula is C13H23ClN4. The van der Waals surface area contributed by atoms with Crippen LogP contribution in [-0.2, 0) is 6.54 Å². The molecule has 0 saturated heterocycles. The summed E-state index contributed by atoms with van der Waals surface area (Å²) < 4.78 is 1.96. The first-order valence-electron chi connectivity index (χ1n) is 6.69. The molecule has 0 radical (unpaired) electrons. The van der Waals surface area contributed by atoms with E-state index in [0.717, 1.165) is 31.1 Å². The lowest BCUT2D eigenvalue weighted by Gasteiger charge is -2.28. The fraction of sp³-hybridized carbons (Fsp3) is 0.769. The van der Waals surface area contributed by atoms with Crippen molar-refractivity contribution >= 4 is 11.6 Å². The number of rotatable bonds is 6. The van der Waals surface area contributed by atoms with Gasteiger partial charge in [-0.3, -0.25) is 4.68 Å². The number of aromatic nitrogens is 2. The van der Waals surface area contributed by atoms with Crippen molar-refractivity contribution in [2.75, 3.05) is 20.6 Å². The zero-order chi connectivity index (χ0) is 13.1. The van der Waals surface area contributed by atoms with Crippen LogP contribution in [0.15, 0.2) is 6.20 Å². The van der Waals surface area contributed by atoms with Crippen LogP contribution in [0.2, 0.25) is 5.02 Å². The van der Waals surface area contributed by atoms with Crippen LogP contribution in [0.5, 0.6) is 0 Å². The number of hydrogen-bond acceptors (Lipinski definition) is 3. The third kappa shape index (κ3) is 3.25. The highest BCUT2D eigenvalue weighted by molar-refractivity contribution is 6.31. The second kappa shape index (κ2) is 6.04. The zero-order valence-corrected chi connectivity index (χ0v) is 12.0. The van der Waals surface area contributed by atoms with Gasteiger partial charge in [-0.25, -0.2) is 0 Å². The van der Waals surface area contributed by atoms with Gasteiger partial charge in [0, 0.05) is 12.6 Å². The molecule has 1 aliphatic carbocycles. The molecule has 18 heavy (non-hydrogen) atoms. The molecule has 102 valence electrons. The molecule has 4 nitrogen and oxygen atoms in total. The van der Waals surface area contributed by atoms with Gasteiger partial charge >= 0.3 is 0 Å². The minimum absolute atomic E-state index is 0.0208. The Bertz CT molecular complexity index is 384. The Morgan fingerprint density at radius 1 is 1.56 bits per heavy atom. The summed E-state index contributed by atoms with van der Waals surface area (Å²) in [6, 6.07) is 0.0208. The molecule has 1 aliphatic rings. The van der Waals surface area contributed by atoms with Crippen LogP contribution in [0.1, 0.15) is 37.4 Å². The molecule has 2 N–H and O–H groups in total. The Labute approximate surface area is 114 Å². The number of nitrogens with two attached hydrogens (primary N) is 1. The van der Waals surface area contributed by atoms with E-state index in [0.29, 0.717) is 5.02 Å². The normalized spacial score (nSPS) is 18.1. The molecule has 0 amide bonds. The Morgan fingerprint density at radius 2 is 2.28 bits per heavy atom. The molecule has 1 saturated carbocycles. The Hall–Kier alpha value is -0.580. The van der Waals surface area contributed by atoms with E-state index in [2.05, 4.69) is 24.1 Å². The summed E-state index contributed by atoms with van der Waals surface area (Å²) in [5.41, 5.74) is 7.30. The Balaban J connectivity index is 2.02. The number of hydrogen-bond donors (Lipinski definition) is 1. The number of nitrogens with zero attached hydrogens (tertiary/aromatic N) is 3.